The number of benzene rings is 3. The molecule has 1 unspecified atom stereocenters. The number of hydrogen-bond acceptors (Lipinski definition) is 9. The van der Waals surface area contributed by atoms with E-state index in [1.54, 1.807) is 51.7 Å². The van der Waals surface area contributed by atoms with Gasteiger partial charge in [0.05, 0.1) is 45.9 Å². The Kier molecular flexibility index (Phi) is 10.00. The maximum Gasteiger partial charge on any atom is 0.241 e. The van der Waals surface area contributed by atoms with Crippen LogP contribution in [0.15, 0.2) is 60.0 Å². The lowest BCUT2D eigenvalue weighted by Crippen LogP contribution is -2.37. The van der Waals surface area contributed by atoms with Crippen LogP contribution in [0.5, 0.6) is 28.7 Å². The number of aromatic hydroxyl groups is 1. The van der Waals surface area contributed by atoms with E-state index in [2.05, 4.69) is 9.69 Å². The highest BCUT2D eigenvalue weighted by molar-refractivity contribution is 7.04. The molecule has 39 heavy (non-hydrogen) atoms. The molecule has 4 aromatic rings. The monoisotopic (exact) mass is 571 g/mol. The Labute approximate surface area is 237 Å². The minimum absolute atomic E-state index is 0. The fraction of sp³-hybridized carbons (Fsp3) is 0.214. The van der Waals surface area contributed by atoms with Gasteiger partial charge in [0.1, 0.15) is 11.5 Å². The van der Waals surface area contributed by atoms with E-state index >= 15 is 0 Å². The molecule has 1 heterocycles. The molecule has 0 fully saturated rings. The second-order valence-corrected chi connectivity index (χ2v) is 9.00. The van der Waals surface area contributed by atoms with E-state index in [1.807, 2.05) is 29.6 Å². The third-order valence-electron chi connectivity index (χ3n) is 6.00. The van der Waals surface area contributed by atoms with Crippen LogP contribution >= 0.6 is 23.9 Å². The Hall–Kier alpha value is -3.99. The fourth-order valence-electron chi connectivity index (χ4n) is 4.04. The molecule has 0 aliphatic carbocycles. The molecule has 0 aliphatic heterocycles. The van der Waals surface area contributed by atoms with Crippen molar-refractivity contribution in [2.24, 2.45) is 5.73 Å². The van der Waals surface area contributed by atoms with Gasteiger partial charge in [-0.05, 0) is 65.5 Å². The number of halogens is 1. The maximum atomic E-state index is 12.9. The molecule has 1 atom stereocenters. The zero-order valence-electron chi connectivity index (χ0n) is 21.9. The van der Waals surface area contributed by atoms with Crippen LogP contribution in [0.25, 0.3) is 22.4 Å². The van der Waals surface area contributed by atoms with Crippen molar-refractivity contribution in [1.29, 1.82) is 0 Å². The minimum Gasteiger partial charge on any atom is -0.508 e. The Morgan fingerprint density at radius 1 is 0.923 bits per heavy atom. The van der Waals surface area contributed by atoms with Crippen LogP contribution in [0.2, 0.25) is 0 Å². The van der Waals surface area contributed by atoms with Gasteiger partial charge in [-0.3, -0.25) is 4.79 Å². The molecule has 3 aromatic carbocycles. The van der Waals surface area contributed by atoms with Gasteiger partial charge in [-0.2, -0.15) is 4.37 Å². The quantitative estimate of drug-likeness (QED) is 0.239. The number of phenolic OH excluding ortho intramolecular Hbond substituents is 1. The summed E-state index contributed by atoms with van der Waals surface area (Å²) in [5, 5.41) is 14.3. The summed E-state index contributed by atoms with van der Waals surface area (Å²) in [7, 11) is 6.22. The number of rotatable bonds is 10. The topological polar surface area (TPSA) is 125 Å². The fourth-order valence-corrected chi connectivity index (χ4v) is 4.76. The second-order valence-electron chi connectivity index (χ2n) is 8.37. The zero-order chi connectivity index (χ0) is 27.2. The third kappa shape index (κ3) is 6.54. The van der Waals surface area contributed by atoms with Gasteiger partial charge >= 0.3 is 0 Å². The molecular formula is C28H30ClN3O6S. The Morgan fingerprint density at radius 2 is 1.56 bits per heavy atom. The molecule has 1 aromatic heterocycles. The van der Waals surface area contributed by atoms with Crippen molar-refractivity contribution in [2.45, 2.75) is 12.5 Å². The number of phenols is 1. The first-order valence-corrected chi connectivity index (χ1v) is 12.5. The first-order valence-electron chi connectivity index (χ1n) is 11.7. The second kappa shape index (κ2) is 13.2. The molecule has 9 nitrogen and oxygen atoms in total. The summed E-state index contributed by atoms with van der Waals surface area (Å²) >= 11 is 1.31. The lowest BCUT2D eigenvalue weighted by molar-refractivity contribution is -0.117. The molecule has 4 N–H and O–H groups in total. The predicted octanol–water partition coefficient (Wildman–Crippen LogP) is 5.15. The van der Waals surface area contributed by atoms with E-state index in [-0.39, 0.29) is 24.1 Å². The Morgan fingerprint density at radius 3 is 2.15 bits per heavy atom. The third-order valence-corrected chi connectivity index (χ3v) is 6.63. The number of methoxy groups -OCH3 is 4. The number of nitrogens with zero attached hydrogens (tertiary/aromatic N) is 1. The smallest absolute Gasteiger partial charge is 0.241 e. The molecule has 0 radical (unpaired) electrons. The molecule has 4 rings (SSSR count). The first kappa shape index (κ1) is 29.6. The summed E-state index contributed by atoms with van der Waals surface area (Å²) in [6, 6.07) is 15.0. The average molecular weight is 572 g/mol. The van der Waals surface area contributed by atoms with Gasteiger partial charge in [-0.15, -0.1) is 12.4 Å². The number of amides is 1. The molecule has 0 spiro atoms. The molecule has 0 aliphatic rings. The molecule has 0 saturated carbocycles. The molecule has 0 saturated heterocycles. The molecular weight excluding hydrogens is 542 g/mol. The van der Waals surface area contributed by atoms with Crippen LogP contribution in [0.4, 0.5) is 5.69 Å². The van der Waals surface area contributed by atoms with Gasteiger partial charge < -0.3 is 35.1 Å². The number of hydrogen-bond donors (Lipinski definition) is 3. The van der Waals surface area contributed by atoms with Gasteiger partial charge in [0.15, 0.2) is 11.5 Å². The summed E-state index contributed by atoms with van der Waals surface area (Å²) in [6.45, 7) is 0. The van der Waals surface area contributed by atoms with Crippen molar-refractivity contribution in [3.63, 3.8) is 0 Å². The standard InChI is InChI=1S/C28H29N3O6S.ClH/c1-34-23-10-7-17(12-22(23)30-28(33)21(29)11-16-5-8-19(32)9-6-16)20-15-38-31-26(20)18-13-24(35-2)27(37-4)25(14-18)36-3;/h5-10,12-15,21,32H,11,29H2,1-4H3,(H,30,33);1H. The van der Waals surface area contributed by atoms with Gasteiger partial charge in [-0.1, -0.05) is 18.2 Å². The lowest BCUT2D eigenvalue weighted by atomic mass is 10.00. The van der Waals surface area contributed by atoms with Gasteiger partial charge in [0.2, 0.25) is 11.7 Å². The summed E-state index contributed by atoms with van der Waals surface area (Å²) < 4.78 is 26.6. The summed E-state index contributed by atoms with van der Waals surface area (Å²) in [4.78, 5) is 12.9. The molecule has 206 valence electrons. The van der Waals surface area contributed by atoms with Crippen LogP contribution in [0, 0.1) is 0 Å². The van der Waals surface area contributed by atoms with E-state index in [4.69, 9.17) is 24.7 Å². The van der Waals surface area contributed by atoms with Crippen molar-refractivity contribution in [2.75, 3.05) is 33.8 Å². The Bertz CT molecular complexity index is 1400. The van der Waals surface area contributed by atoms with E-state index in [1.165, 1.54) is 18.6 Å². The SMILES string of the molecule is COc1ccc(-c2csnc2-c2cc(OC)c(OC)c(OC)c2)cc1NC(=O)C(N)Cc1ccc(O)cc1.Cl. The number of carbonyl (C=O) groups is 1. The van der Waals surface area contributed by atoms with Crippen molar-refractivity contribution < 1.29 is 28.8 Å². The highest BCUT2D eigenvalue weighted by atomic mass is 35.5. The lowest BCUT2D eigenvalue weighted by Gasteiger charge is -2.16. The van der Waals surface area contributed by atoms with E-state index < -0.39 is 6.04 Å². The minimum atomic E-state index is -0.800. The first-order chi connectivity index (χ1) is 18.4. The number of nitrogens with one attached hydrogen (secondary N) is 1. The highest BCUT2D eigenvalue weighted by Gasteiger charge is 2.20. The number of aromatic nitrogens is 1. The van der Waals surface area contributed by atoms with Crippen molar-refractivity contribution in [3.05, 3.63) is 65.5 Å². The summed E-state index contributed by atoms with van der Waals surface area (Å²) in [5.41, 5.74) is 10.7. The van der Waals surface area contributed by atoms with Crippen LogP contribution in [0.3, 0.4) is 0 Å². The number of anilines is 1. The maximum absolute atomic E-state index is 12.9. The normalized spacial score (nSPS) is 11.2. The van der Waals surface area contributed by atoms with Crippen LogP contribution in [0.1, 0.15) is 5.56 Å². The van der Waals surface area contributed by atoms with E-state index in [0.717, 1.165) is 27.9 Å². The zero-order valence-corrected chi connectivity index (χ0v) is 23.5. The molecule has 11 heteroatoms. The van der Waals surface area contributed by atoms with Crippen molar-refractivity contribution >= 4 is 35.5 Å². The van der Waals surface area contributed by atoms with Gasteiger partial charge in [-0.25, -0.2) is 0 Å². The summed E-state index contributed by atoms with van der Waals surface area (Å²) in [6.07, 6.45) is 0.313. The highest BCUT2D eigenvalue weighted by Crippen LogP contribution is 2.44. The predicted molar refractivity (Wildman–Crippen MR) is 155 cm³/mol. The number of carbonyl (C=O) groups excluding carboxylic acids is 1. The van der Waals surface area contributed by atoms with Crippen LogP contribution in [-0.4, -0.2) is 49.9 Å². The summed E-state index contributed by atoms with van der Waals surface area (Å²) in [5.74, 6) is 1.83. The van der Waals surface area contributed by atoms with Gasteiger partial charge in [0.25, 0.3) is 0 Å². The average Bonchev–Trinajstić information content (AvgIpc) is 3.43. The largest absolute Gasteiger partial charge is 0.508 e. The Balaban J connectivity index is 0.00000420. The van der Waals surface area contributed by atoms with E-state index in [0.29, 0.717) is 35.1 Å². The van der Waals surface area contributed by atoms with Gasteiger partial charge in [0, 0.05) is 16.5 Å². The van der Waals surface area contributed by atoms with Crippen LogP contribution < -0.4 is 30.0 Å². The van der Waals surface area contributed by atoms with Crippen LogP contribution in [-0.2, 0) is 11.2 Å². The molecule has 0 bridgehead atoms. The number of ether oxygens (including phenoxy) is 4. The number of nitrogens with two attached hydrogens (primary N) is 1. The van der Waals surface area contributed by atoms with E-state index in [9.17, 15) is 9.90 Å². The van der Waals surface area contributed by atoms with Crippen molar-refractivity contribution in [1.82, 2.24) is 4.37 Å². The molecule has 1 amide bonds. The van der Waals surface area contributed by atoms with Crippen molar-refractivity contribution in [3.8, 4) is 51.1 Å².